The van der Waals surface area contributed by atoms with Crippen LogP contribution in [0.15, 0.2) is 48.5 Å². The van der Waals surface area contributed by atoms with E-state index in [0.29, 0.717) is 30.6 Å². The van der Waals surface area contributed by atoms with Gasteiger partial charge in [-0.1, -0.05) is 38.1 Å². The van der Waals surface area contributed by atoms with Crippen molar-refractivity contribution in [2.45, 2.75) is 57.6 Å². The summed E-state index contributed by atoms with van der Waals surface area (Å²) in [5, 5.41) is 3.18. The molecule has 0 spiro atoms. The second kappa shape index (κ2) is 8.54. The van der Waals surface area contributed by atoms with E-state index >= 15 is 0 Å². The molecule has 2 aliphatic rings. The fraction of sp³-hybridized carbons (Fsp3) is 0.458. The number of amides is 1. The Kier molecular flexibility index (Phi) is 5.97. The van der Waals surface area contributed by atoms with Crippen molar-refractivity contribution in [3.05, 3.63) is 59.7 Å². The Labute approximate surface area is 184 Å². The zero-order chi connectivity index (χ0) is 22.1. The first kappa shape index (κ1) is 21.7. The van der Waals surface area contributed by atoms with Gasteiger partial charge in [-0.15, -0.1) is 0 Å². The molecule has 1 saturated heterocycles. The Hall–Kier alpha value is -2.54. The molecule has 0 aliphatic carbocycles. The molecule has 166 valence electrons. The van der Waals surface area contributed by atoms with Crippen LogP contribution in [-0.2, 0) is 10.0 Å². The molecule has 0 saturated carbocycles. The summed E-state index contributed by atoms with van der Waals surface area (Å²) in [6, 6.07) is 14.6. The van der Waals surface area contributed by atoms with Crippen LogP contribution in [0.4, 0.5) is 5.69 Å². The summed E-state index contributed by atoms with van der Waals surface area (Å²) in [4.78, 5) is 13.2. The normalized spacial score (nSPS) is 21.6. The number of anilines is 1. The summed E-state index contributed by atoms with van der Waals surface area (Å²) in [7, 11) is -3.32. The van der Waals surface area contributed by atoms with Gasteiger partial charge in [0.15, 0.2) is 0 Å². The molecule has 31 heavy (non-hydrogen) atoms. The average Bonchev–Trinajstić information content (AvgIpc) is 2.78. The standard InChI is InChI=1S/C24H30N2O4S/c1-3-24(4-2)17-21(20-12-5-6-13-22(20)30-24)25-23(27)18-10-9-11-19(16-18)26-14-7-8-15-31(26,28)29/h5-6,9-13,16,21H,3-4,7-8,14-15,17H2,1-2H3,(H,25,27). The average molecular weight is 443 g/mol. The SMILES string of the molecule is CCC1(CC)CC(NC(=O)c2cccc(N3CCCCS3(=O)=O)c2)c2ccccc2O1. The number of ether oxygens (including phenoxy) is 1. The number of para-hydroxylation sites is 1. The van der Waals surface area contributed by atoms with E-state index in [1.807, 2.05) is 24.3 Å². The second-order valence-electron chi connectivity index (χ2n) is 8.41. The molecule has 2 aromatic rings. The van der Waals surface area contributed by atoms with Crippen molar-refractivity contribution in [1.82, 2.24) is 5.32 Å². The van der Waals surface area contributed by atoms with Gasteiger partial charge >= 0.3 is 0 Å². The molecule has 2 aliphatic heterocycles. The van der Waals surface area contributed by atoms with Gasteiger partial charge in [-0.25, -0.2) is 8.42 Å². The van der Waals surface area contributed by atoms with Crippen LogP contribution in [0.3, 0.4) is 0 Å². The minimum absolute atomic E-state index is 0.151. The summed E-state index contributed by atoms with van der Waals surface area (Å²) >= 11 is 0. The maximum atomic E-state index is 13.2. The number of hydrogen-bond donors (Lipinski definition) is 1. The number of fused-ring (bicyclic) bond motifs is 1. The topological polar surface area (TPSA) is 75.7 Å². The molecule has 1 amide bonds. The number of sulfonamides is 1. The Balaban J connectivity index is 1.60. The van der Waals surface area contributed by atoms with Crippen LogP contribution in [0.2, 0.25) is 0 Å². The van der Waals surface area contributed by atoms with Gasteiger partial charge in [-0.2, -0.15) is 0 Å². The van der Waals surface area contributed by atoms with E-state index in [9.17, 15) is 13.2 Å². The number of carbonyl (C=O) groups excluding carboxylic acids is 1. The van der Waals surface area contributed by atoms with Gasteiger partial charge in [0, 0.05) is 24.1 Å². The predicted molar refractivity (Wildman–Crippen MR) is 122 cm³/mol. The molecule has 7 heteroatoms. The molecule has 4 rings (SSSR count). The van der Waals surface area contributed by atoms with Crippen molar-refractivity contribution in [2.24, 2.45) is 0 Å². The van der Waals surface area contributed by atoms with Crippen LogP contribution < -0.4 is 14.4 Å². The molecule has 0 aromatic heterocycles. The number of rotatable bonds is 5. The molecule has 1 fully saturated rings. The van der Waals surface area contributed by atoms with Gasteiger partial charge < -0.3 is 10.1 Å². The molecule has 0 radical (unpaired) electrons. The highest BCUT2D eigenvalue weighted by Gasteiger charge is 2.39. The first-order chi connectivity index (χ1) is 14.9. The number of hydrogen-bond acceptors (Lipinski definition) is 4. The van der Waals surface area contributed by atoms with Gasteiger partial charge in [-0.3, -0.25) is 9.10 Å². The summed E-state index contributed by atoms with van der Waals surface area (Å²) in [6.45, 7) is 4.67. The lowest BCUT2D eigenvalue weighted by Gasteiger charge is -2.41. The first-order valence-corrected chi connectivity index (χ1v) is 12.7. The zero-order valence-electron chi connectivity index (χ0n) is 18.1. The number of carbonyl (C=O) groups is 1. The molecule has 1 unspecified atom stereocenters. The van der Waals surface area contributed by atoms with Crippen molar-refractivity contribution >= 4 is 21.6 Å². The smallest absolute Gasteiger partial charge is 0.251 e. The maximum absolute atomic E-state index is 13.2. The Morgan fingerprint density at radius 1 is 1.13 bits per heavy atom. The van der Waals surface area contributed by atoms with E-state index in [1.165, 1.54) is 4.31 Å². The minimum Gasteiger partial charge on any atom is -0.487 e. The van der Waals surface area contributed by atoms with Crippen molar-refractivity contribution in [2.75, 3.05) is 16.6 Å². The fourth-order valence-electron chi connectivity index (χ4n) is 4.55. The van der Waals surface area contributed by atoms with Gasteiger partial charge in [0.25, 0.3) is 5.91 Å². The van der Waals surface area contributed by atoms with Crippen LogP contribution in [0, 0.1) is 0 Å². The van der Waals surface area contributed by atoms with Gasteiger partial charge in [0.1, 0.15) is 11.4 Å². The summed E-state index contributed by atoms with van der Waals surface area (Å²) in [5.41, 5.74) is 1.68. The molecule has 2 aromatic carbocycles. The highest BCUT2D eigenvalue weighted by molar-refractivity contribution is 7.92. The van der Waals surface area contributed by atoms with E-state index < -0.39 is 10.0 Å². The van der Waals surface area contributed by atoms with E-state index in [4.69, 9.17) is 4.74 Å². The van der Waals surface area contributed by atoms with Crippen LogP contribution in [0.5, 0.6) is 5.75 Å². The molecular weight excluding hydrogens is 412 g/mol. The number of nitrogens with one attached hydrogen (secondary N) is 1. The van der Waals surface area contributed by atoms with Crippen molar-refractivity contribution in [3.63, 3.8) is 0 Å². The van der Waals surface area contributed by atoms with E-state index in [2.05, 4.69) is 19.2 Å². The molecular formula is C24H30N2O4S. The van der Waals surface area contributed by atoms with Gasteiger partial charge in [-0.05, 0) is 49.9 Å². The highest BCUT2D eigenvalue weighted by atomic mass is 32.2. The monoisotopic (exact) mass is 442 g/mol. The molecule has 1 N–H and O–H groups in total. The molecule has 2 heterocycles. The van der Waals surface area contributed by atoms with Gasteiger partial charge in [0.2, 0.25) is 10.0 Å². The lowest BCUT2D eigenvalue weighted by molar-refractivity contribution is 0.0227. The second-order valence-corrected chi connectivity index (χ2v) is 10.4. The minimum atomic E-state index is -3.32. The molecule has 1 atom stereocenters. The summed E-state index contributed by atoms with van der Waals surface area (Å²) in [5.74, 6) is 0.758. The number of nitrogens with zero attached hydrogens (tertiary/aromatic N) is 1. The van der Waals surface area contributed by atoms with Crippen LogP contribution in [0.25, 0.3) is 0 Å². The van der Waals surface area contributed by atoms with Gasteiger partial charge in [0.05, 0.1) is 17.5 Å². The fourth-order valence-corrected chi connectivity index (χ4v) is 6.18. The lowest BCUT2D eigenvalue weighted by Crippen LogP contribution is -2.44. The number of benzene rings is 2. The Morgan fingerprint density at radius 2 is 1.90 bits per heavy atom. The Bertz CT molecular complexity index is 1060. The largest absolute Gasteiger partial charge is 0.487 e. The Morgan fingerprint density at radius 3 is 2.65 bits per heavy atom. The van der Waals surface area contributed by atoms with Crippen LogP contribution >= 0.6 is 0 Å². The molecule has 0 bridgehead atoms. The summed E-state index contributed by atoms with van der Waals surface area (Å²) < 4.78 is 32.7. The summed E-state index contributed by atoms with van der Waals surface area (Å²) in [6.07, 6.45) is 3.91. The quantitative estimate of drug-likeness (QED) is 0.743. The van der Waals surface area contributed by atoms with E-state index in [0.717, 1.165) is 30.6 Å². The first-order valence-electron chi connectivity index (χ1n) is 11.1. The lowest BCUT2D eigenvalue weighted by atomic mass is 9.83. The zero-order valence-corrected chi connectivity index (χ0v) is 19.0. The maximum Gasteiger partial charge on any atom is 0.251 e. The van der Waals surface area contributed by atoms with Crippen molar-refractivity contribution in [3.8, 4) is 5.75 Å². The van der Waals surface area contributed by atoms with E-state index in [-0.39, 0.29) is 23.3 Å². The van der Waals surface area contributed by atoms with Crippen LogP contribution in [-0.4, -0.2) is 32.2 Å². The predicted octanol–water partition coefficient (Wildman–Crippen LogP) is 4.43. The van der Waals surface area contributed by atoms with Crippen LogP contribution in [0.1, 0.15) is 67.9 Å². The van der Waals surface area contributed by atoms with E-state index in [1.54, 1.807) is 24.3 Å². The third-order valence-electron chi connectivity index (χ3n) is 6.54. The van der Waals surface area contributed by atoms with Crippen molar-refractivity contribution < 1.29 is 17.9 Å². The van der Waals surface area contributed by atoms with Crippen molar-refractivity contribution in [1.29, 1.82) is 0 Å². The third kappa shape index (κ3) is 4.28. The molecule has 6 nitrogen and oxygen atoms in total. The third-order valence-corrected chi connectivity index (χ3v) is 8.41. The highest BCUT2D eigenvalue weighted by Crippen LogP contribution is 2.42.